The van der Waals surface area contributed by atoms with Crippen LogP contribution in [0.4, 0.5) is 0 Å². The summed E-state index contributed by atoms with van der Waals surface area (Å²) in [6.07, 6.45) is -1.22. The van der Waals surface area contributed by atoms with E-state index < -0.39 is 17.0 Å². The minimum Gasteiger partial charge on any atom is -0.484 e. The molecule has 1 atom stereocenters. The van der Waals surface area contributed by atoms with Crippen LogP contribution in [0.5, 0.6) is 5.75 Å². The molecule has 0 saturated carbocycles. The molecule has 0 aliphatic rings. The van der Waals surface area contributed by atoms with Gasteiger partial charge in [0.1, 0.15) is 5.75 Å². The third kappa shape index (κ3) is 3.95. The van der Waals surface area contributed by atoms with Gasteiger partial charge in [-0.3, -0.25) is 20.2 Å². The molecule has 0 heterocycles. The van der Waals surface area contributed by atoms with Crippen LogP contribution in [-0.4, -0.2) is 23.6 Å². The Balaban J connectivity index is 2.50. The van der Waals surface area contributed by atoms with Crippen LogP contribution in [0.15, 0.2) is 30.3 Å². The Morgan fingerprint density at radius 1 is 1.50 bits per heavy atom. The SMILES string of the molecule is CC(=O)NC(COc1ccccc1)[N+](=O)[O-]. The Labute approximate surface area is 92.4 Å². The monoisotopic (exact) mass is 224 g/mol. The fourth-order valence-electron chi connectivity index (χ4n) is 1.08. The molecule has 16 heavy (non-hydrogen) atoms. The summed E-state index contributed by atoms with van der Waals surface area (Å²) in [5, 5.41) is 12.8. The number of amides is 1. The van der Waals surface area contributed by atoms with Gasteiger partial charge in [-0.1, -0.05) is 18.2 Å². The number of benzene rings is 1. The zero-order chi connectivity index (χ0) is 12.0. The van der Waals surface area contributed by atoms with Crippen molar-refractivity contribution in [2.75, 3.05) is 6.61 Å². The maximum atomic E-state index is 10.7. The largest absolute Gasteiger partial charge is 0.484 e. The number of rotatable bonds is 5. The number of carbonyl (C=O) groups is 1. The summed E-state index contributed by atoms with van der Waals surface area (Å²) >= 11 is 0. The molecule has 1 aromatic rings. The molecule has 0 saturated heterocycles. The number of nitro groups is 1. The number of nitrogens with one attached hydrogen (secondary N) is 1. The molecule has 0 radical (unpaired) electrons. The first-order valence-corrected chi connectivity index (χ1v) is 4.68. The van der Waals surface area contributed by atoms with Crippen LogP contribution in [0.2, 0.25) is 0 Å². The summed E-state index contributed by atoms with van der Waals surface area (Å²) in [4.78, 5) is 20.7. The second-order valence-corrected chi connectivity index (χ2v) is 3.13. The highest BCUT2D eigenvalue weighted by Crippen LogP contribution is 2.08. The lowest BCUT2D eigenvalue weighted by atomic mass is 10.3. The number of carbonyl (C=O) groups excluding carboxylic acids is 1. The first-order valence-electron chi connectivity index (χ1n) is 4.68. The molecule has 0 spiro atoms. The van der Waals surface area contributed by atoms with Gasteiger partial charge in [-0.15, -0.1) is 0 Å². The molecule has 0 aromatic heterocycles. The number of hydrogen-bond acceptors (Lipinski definition) is 4. The second-order valence-electron chi connectivity index (χ2n) is 3.13. The van der Waals surface area contributed by atoms with E-state index in [1.807, 2.05) is 6.07 Å². The molecule has 1 unspecified atom stereocenters. The molecule has 86 valence electrons. The van der Waals surface area contributed by atoms with Crippen molar-refractivity contribution < 1.29 is 14.5 Å². The van der Waals surface area contributed by atoms with Crippen molar-refractivity contribution in [3.63, 3.8) is 0 Å². The van der Waals surface area contributed by atoms with Crippen molar-refractivity contribution in [1.29, 1.82) is 0 Å². The minimum atomic E-state index is -1.22. The summed E-state index contributed by atoms with van der Waals surface area (Å²) in [6.45, 7) is 1.02. The first kappa shape index (κ1) is 12.0. The Morgan fingerprint density at radius 2 is 2.12 bits per heavy atom. The van der Waals surface area contributed by atoms with Gasteiger partial charge < -0.3 is 4.74 Å². The fraction of sp³-hybridized carbons (Fsp3) is 0.300. The van der Waals surface area contributed by atoms with Crippen molar-refractivity contribution in [3.8, 4) is 5.75 Å². The van der Waals surface area contributed by atoms with Crippen molar-refractivity contribution >= 4 is 5.91 Å². The second kappa shape index (κ2) is 5.69. The lowest BCUT2D eigenvalue weighted by Gasteiger charge is -2.11. The van der Waals surface area contributed by atoms with E-state index in [-0.39, 0.29) is 6.61 Å². The van der Waals surface area contributed by atoms with E-state index in [1.165, 1.54) is 6.92 Å². The molecular formula is C10H12N2O4. The van der Waals surface area contributed by atoms with Gasteiger partial charge in [0.15, 0.2) is 6.61 Å². The maximum absolute atomic E-state index is 10.7. The molecule has 1 N–H and O–H groups in total. The normalized spacial score (nSPS) is 11.6. The minimum absolute atomic E-state index is 0.198. The average Bonchev–Trinajstić information content (AvgIpc) is 2.25. The number of hydrogen-bond donors (Lipinski definition) is 1. The molecule has 0 bridgehead atoms. The number of para-hydroxylation sites is 1. The first-order chi connectivity index (χ1) is 7.59. The highest BCUT2D eigenvalue weighted by atomic mass is 16.6. The number of nitrogens with zero attached hydrogens (tertiary/aromatic N) is 1. The van der Waals surface area contributed by atoms with Gasteiger partial charge in [0.05, 0.1) is 0 Å². The molecule has 0 aliphatic carbocycles. The maximum Gasteiger partial charge on any atom is 0.320 e. The Bertz CT molecular complexity index is 366. The molecule has 6 nitrogen and oxygen atoms in total. The van der Waals surface area contributed by atoms with E-state index in [4.69, 9.17) is 4.74 Å². The van der Waals surface area contributed by atoms with Crippen molar-refractivity contribution in [2.24, 2.45) is 0 Å². The molecule has 1 amide bonds. The van der Waals surface area contributed by atoms with E-state index in [9.17, 15) is 14.9 Å². The summed E-state index contributed by atoms with van der Waals surface area (Å²) in [5.74, 6) is 0.0677. The zero-order valence-corrected chi connectivity index (χ0v) is 8.75. The van der Waals surface area contributed by atoms with E-state index in [1.54, 1.807) is 24.3 Å². The van der Waals surface area contributed by atoms with Crippen LogP contribution >= 0.6 is 0 Å². The third-order valence-corrected chi connectivity index (χ3v) is 1.78. The summed E-state index contributed by atoms with van der Waals surface area (Å²) in [5.41, 5.74) is 0. The van der Waals surface area contributed by atoms with Crippen molar-refractivity contribution in [2.45, 2.75) is 13.1 Å². The Hall–Kier alpha value is -2.11. The van der Waals surface area contributed by atoms with Gasteiger partial charge in [-0.2, -0.15) is 0 Å². The summed E-state index contributed by atoms with van der Waals surface area (Å²) in [7, 11) is 0. The van der Waals surface area contributed by atoms with Crippen LogP contribution in [0, 0.1) is 10.1 Å². The lowest BCUT2D eigenvalue weighted by molar-refractivity contribution is -0.529. The summed E-state index contributed by atoms with van der Waals surface area (Å²) < 4.78 is 5.17. The van der Waals surface area contributed by atoms with Gasteiger partial charge in [0, 0.05) is 11.8 Å². The van der Waals surface area contributed by atoms with Gasteiger partial charge in [-0.05, 0) is 12.1 Å². The Kier molecular flexibility index (Phi) is 4.26. The van der Waals surface area contributed by atoms with E-state index in [0.717, 1.165) is 0 Å². The third-order valence-electron chi connectivity index (χ3n) is 1.78. The Morgan fingerprint density at radius 3 is 2.62 bits per heavy atom. The number of ether oxygens (including phenoxy) is 1. The molecule has 1 rings (SSSR count). The summed E-state index contributed by atoms with van der Waals surface area (Å²) in [6, 6.07) is 8.70. The van der Waals surface area contributed by atoms with Gasteiger partial charge in [0.25, 0.3) is 0 Å². The fourth-order valence-corrected chi connectivity index (χ4v) is 1.08. The van der Waals surface area contributed by atoms with Gasteiger partial charge >= 0.3 is 6.17 Å². The van der Waals surface area contributed by atoms with Crippen LogP contribution in [0.25, 0.3) is 0 Å². The quantitative estimate of drug-likeness (QED) is 0.455. The molecule has 1 aromatic carbocycles. The lowest BCUT2D eigenvalue weighted by Crippen LogP contribution is -2.43. The smallest absolute Gasteiger partial charge is 0.320 e. The van der Waals surface area contributed by atoms with E-state index in [2.05, 4.69) is 5.32 Å². The molecular weight excluding hydrogens is 212 g/mol. The van der Waals surface area contributed by atoms with Crippen molar-refractivity contribution in [3.05, 3.63) is 40.4 Å². The highest BCUT2D eigenvalue weighted by molar-refractivity contribution is 5.72. The van der Waals surface area contributed by atoms with Crippen LogP contribution in [0.1, 0.15) is 6.92 Å². The van der Waals surface area contributed by atoms with E-state index in [0.29, 0.717) is 5.75 Å². The topological polar surface area (TPSA) is 81.5 Å². The zero-order valence-electron chi connectivity index (χ0n) is 8.75. The molecule has 6 heteroatoms. The van der Waals surface area contributed by atoms with Crippen molar-refractivity contribution in [1.82, 2.24) is 5.32 Å². The molecule has 0 aliphatic heterocycles. The average molecular weight is 224 g/mol. The van der Waals surface area contributed by atoms with Gasteiger partial charge in [0.2, 0.25) is 5.91 Å². The van der Waals surface area contributed by atoms with Crippen LogP contribution < -0.4 is 10.1 Å². The predicted octanol–water partition coefficient (Wildman–Crippen LogP) is 0.804. The van der Waals surface area contributed by atoms with Gasteiger partial charge in [-0.25, -0.2) is 0 Å². The van der Waals surface area contributed by atoms with Crippen LogP contribution in [0.3, 0.4) is 0 Å². The van der Waals surface area contributed by atoms with Crippen LogP contribution in [-0.2, 0) is 4.79 Å². The predicted molar refractivity (Wildman–Crippen MR) is 56.5 cm³/mol. The highest BCUT2D eigenvalue weighted by Gasteiger charge is 2.21. The molecule has 0 fully saturated rings. The standard InChI is InChI=1S/C10H12N2O4/c1-8(13)11-10(12(14)15)7-16-9-5-3-2-4-6-9/h2-6,10H,7H2,1H3,(H,11,13). The van der Waals surface area contributed by atoms with E-state index >= 15 is 0 Å².